The SMILES string of the molecule is CCNC(c1cc(F)c(F)cc1Cl)c1c(F)cccc1Cl. The molecular formula is C15H12Cl2F3N. The van der Waals surface area contributed by atoms with Crippen molar-refractivity contribution in [2.45, 2.75) is 13.0 Å². The number of benzene rings is 2. The van der Waals surface area contributed by atoms with Gasteiger partial charge in [-0.2, -0.15) is 0 Å². The van der Waals surface area contributed by atoms with Gasteiger partial charge in [0.2, 0.25) is 0 Å². The van der Waals surface area contributed by atoms with E-state index in [2.05, 4.69) is 5.32 Å². The monoisotopic (exact) mass is 333 g/mol. The van der Waals surface area contributed by atoms with Crippen LogP contribution in [0, 0.1) is 17.5 Å². The summed E-state index contributed by atoms with van der Waals surface area (Å²) in [5, 5.41) is 3.17. The average molecular weight is 334 g/mol. The van der Waals surface area contributed by atoms with Crippen LogP contribution in [0.3, 0.4) is 0 Å². The molecule has 0 fully saturated rings. The van der Waals surface area contributed by atoms with E-state index in [1.165, 1.54) is 18.2 Å². The van der Waals surface area contributed by atoms with Gasteiger partial charge in [0.25, 0.3) is 0 Å². The van der Waals surface area contributed by atoms with Gasteiger partial charge in [-0.25, -0.2) is 13.2 Å². The van der Waals surface area contributed by atoms with E-state index in [4.69, 9.17) is 23.2 Å². The fourth-order valence-corrected chi connectivity index (χ4v) is 2.65. The van der Waals surface area contributed by atoms with Crippen molar-refractivity contribution >= 4 is 23.2 Å². The summed E-state index contributed by atoms with van der Waals surface area (Å²) in [5.74, 6) is -2.65. The van der Waals surface area contributed by atoms with Crippen molar-refractivity contribution in [3.8, 4) is 0 Å². The van der Waals surface area contributed by atoms with E-state index in [0.29, 0.717) is 6.54 Å². The van der Waals surface area contributed by atoms with E-state index in [0.717, 1.165) is 12.1 Å². The molecule has 0 saturated carbocycles. The maximum atomic E-state index is 14.1. The third-order valence-electron chi connectivity index (χ3n) is 3.05. The average Bonchev–Trinajstić information content (AvgIpc) is 2.42. The normalized spacial score (nSPS) is 12.5. The van der Waals surface area contributed by atoms with Crippen LogP contribution in [0.15, 0.2) is 30.3 Å². The summed E-state index contributed by atoms with van der Waals surface area (Å²) in [5.41, 5.74) is 0.373. The van der Waals surface area contributed by atoms with Crippen LogP contribution in [0.2, 0.25) is 10.0 Å². The Morgan fingerprint density at radius 1 is 1.00 bits per heavy atom. The number of rotatable bonds is 4. The Bertz CT molecular complexity index is 641. The molecule has 0 bridgehead atoms. The van der Waals surface area contributed by atoms with Crippen LogP contribution in [0.25, 0.3) is 0 Å². The summed E-state index contributed by atoms with van der Waals surface area (Å²) in [4.78, 5) is 0. The maximum Gasteiger partial charge on any atom is 0.160 e. The first-order chi connectivity index (χ1) is 9.95. The molecule has 2 aromatic carbocycles. The molecule has 0 radical (unpaired) electrons. The number of hydrogen-bond acceptors (Lipinski definition) is 1. The zero-order valence-corrected chi connectivity index (χ0v) is 12.6. The fourth-order valence-electron chi connectivity index (χ4n) is 2.12. The van der Waals surface area contributed by atoms with Crippen molar-refractivity contribution in [1.82, 2.24) is 5.32 Å². The molecule has 1 nitrogen and oxygen atoms in total. The van der Waals surface area contributed by atoms with Crippen LogP contribution < -0.4 is 5.32 Å². The molecule has 1 N–H and O–H groups in total. The molecule has 0 heterocycles. The largest absolute Gasteiger partial charge is 0.306 e. The lowest BCUT2D eigenvalue weighted by Gasteiger charge is -2.22. The van der Waals surface area contributed by atoms with Gasteiger partial charge >= 0.3 is 0 Å². The smallest absolute Gasteiger partial charge is 0.160 e. The van der Waals surface area contributed by atoms with Gasteiger partial charge in [0.15, 0.2) is 11.6 Å². The standard InChI is InChI=1S/C15H12Cl2F3N/c1-2-21-15(14-9(16)4-3-5-11(14)18)8-6-12(19)13(20)7-10(8)17/h3-7,15,21H,2H2,1H3. The summed E-state index contributed by atoms with van der Waals surface area (Å²) >= 11 is 12.0. The van der Waals surface area contributed by atoms with Crippen molar-refractivity contribution in [3.63, 3.8) is 0 Å². The van der Waals surface area contributed by atoms with Crippen LogP contribution in [0.1, 0.15) is 24.1 Å². The first kappa shape index (κ1) is 16.1. The van der Waals surface area contributed by atoms with Crippen molar-refractivity contribution in [2.24, 2.45) is 0 Å². The molecule has 21 heavy (non-hydrogen) atoms. The Labute approximate surface area is 130 Å². The van der Waals surface area contributed by atoms with Crippen molar-refractivity contribution in [1.29, 1.82) is 0 Å². The lowest BCUT2D eigenvalue weighted by atomic mass is 9.97. The quantitative estimate of drug-likeness (QED) is 0.766. The van der Waals surface area contributed by atoms with Gasteiger partial charge in [0, 0.05) is 15.6 Å². The predicted octanol–water partition coefficient (Wildman–Crippen LogP) is 5.11. The van der Waals surface area contributed by atoms with E-state index in [1.54, 1.807) is 6.92 Å². The number of nitrogens with one attached hydrogen (secondary N) is 1. The van der Waals surface area contributed by atoms with Crippen molar-refractivity contribution < 1.29 is 13.2 Å². The molecular weight excluding hydrogens is 322 g/mol. The van der Waals surface area contributed by atoms with E-state index in [1.807, 2.05) is 0 Å². The molecule has 6 heteroatoms. The molecule has 112 valence electrons. The first-order valence-electron chi connectivity index (χ1n) is 6.27. The van der Waals surface area contributed by atoms with Gasteiger partial charge < -0.3 is 5.32 Å². The summed E-state index contributed by atoms with van der Waals surface area (Å²) in [6, 6.07) is 5.29. The molecule has 0 saturated heterocycles. The predicted molar refractivity (Wildman–Crippen MR) is 78.3 cm³/mol. The Balaban J connectivity index is 2.62. The van der Waals surface area contributed by atoms with Gasteiger partial charge in [-0.15, -0.1) is 0 Å². The minimum Gasteiger partial charge on any atom is -0.306 e. The van der Waals surface area contributed by atoms with Gasteiger partial charge in [0.1, 0.15) is 5.82 Å². The van der Waals surface area contributed by atoms with Gasteiger partial charge in [-0.1, -0.05) is 36.2 Å². The van der Waals surface area contributed by atoms with E-state index in [9.17, 15) is 13.2 Å². The van der Waals surface area contributed by atoms with Crippen molar-refractivity contribution in [2.75, 3.05) is 6.54 Å². The molecule has 0 aliphatic carbocycles. The third kappa shape index (κ3) is 3.34. The minimum absolute atomic E-state index is 0.000769. The van der Waals surface area contributed by atoms with Crippen LogP contribution >= 0.6 is 23.2 Å². The van der Waals surface area contributed by atoms with Crippen LogP contribution in [0.4, 0.5) is 13.2 Å². The highest BCUT2D eigenvalue weighted by Crippen LogP contribution is 2.35. The molecule has 1 unspecified atom stereocenters. The fraction of sp³-hybridized carbons (Fsp3) is 0.200. The Morgan fingerprint density at radius 3 is 2.29 bits per heavy atom. The number of halogens is 5. The molecule has 1 atom stereocenters. The minimum atomic E-state index is -1.06. The maximum absolute atomic E-state index is 14.1. The lowest BCUT2D eigenvalue weighted by molar-refractivity contribution is 0.502. The molecule has 0 amide bonds. The Morgan fingerprint density at radius 2 is 1.67 bits per heavy atom. The van der Waals surface area contributed by atoms with Crippen LogP contribution in [-0.2, 0) is 0 Å². The number of hydrogen-bond donors (Lipinski definition) is 1. The summed E-state index contributed by atoms with van der Waals surface area (Å²) < 4.78 is 40.8. The summed E-state index contributed by atoms with van der Waals surface area (Å²) in [7, 11) is 0. The second-order valence-corrected chi connectivity index (χ2v) is 5.23. The topological polar surface area (TPSA) is 12.0 Å². The van der Waals surface area contributed by atoms with Gasteiger partial charge in [0.05, 0.1) is 6.04 Å². The Kier molecular flexibility index (Phi) is 5.14. The molecule has 0 aliphatic rings. The second kappa shape index (κ2) is 6.69. The highest BCUT2D eigenvalue weighted by atomic mass is 35.5. The molecule has 0 spiro atoms. The Hall–Kier alpha value is -1.23. The van der Waals surface area contributed by atoms with E-state index >= 15 is 0 Å². The van der Waals surface area contributed by atoms with Gasteiger partial charge in [-0.05, 0) is 36.4 Å². The van der Waals surface area contributed by atoms with Gasteiger partial charge in [-0.3, -0.25) is 0 Å². The first-order valence-corrected chi connectivity index (χ1v) is 7.03. The van der Waals surface area contributed by atoms with Crippen LogP contribution in [-0.4, -0.2) is 6.54 Å². The molecule has 0 aromatic heterocycles. The lowest BCUT2D eigenvalue weighted by Crippen LogP contribution is -2.24. The third-order valence-corrected chi connectivity index (χ3v) is 3.70. The van der Waals surface area contributed by atoms with Crippen molar-refractivity contribution in [3.05, 3.63) is 69.0 Å². The van der Waals surface area contributed by atoms with E-state index < -0.39 is 23.5 Å². The molecule has 2 rings (SSSR count). The second-order valence-electron chi connectivity index (χ2n) is 4.41. The molecule has 2 aromatic rings. The van der Waals surface area contributed by atoms with Crippen LogP contribution in [0.5, 0.6) is 0 Å². The van der Waals surface area contributed by atoms with E-state index in [-0.39, 0.29) is 21.2 Å². The molecule has 0 aliphatic heterocycles. The zero-order chi connectivity index (χ0) is 15.6. The highest BCUT2D eigenvalue weighted by molar-refractivity contribution is 6.32. The zero-order valence-electron chi connectivity index (χ0n) is 11.1. The summed E-state index contributed by atoms with van der Waals surface area (Å²) in [6.07, 6.45) is 0. The highest BCUT2D eigenvalue weighted by Gasteiger charge is 2.23. The summed E-state index contributed by atoms with van der Waals surface area (Å²) in [6.45, 7) is 2.26.